The van der Waals surface area contributed by atoms with Crippen LogP contribution in [0.15, 0.2) is 29.3 Å². The van der Waals surface area contributed by atoms with Crippen LogP contribution in [0.2, 0.25) is 5.02 Å². The van der Waals surface area contributed by atoms with E-state index >= 15 is 0 Å². The van der Waals surface area contributed by atoms with Crippen LogP contribution in [0.5, 0.6) is 0 Å². The molecule has 0 radical (unpaired) electrons. The van der Waals surface area contributed by atoms with Gasteiger partial charge in [-0.05, 0) is 37.1 Å². The molecule has 3 fully saturated rings. The summed E-state index contributed by atoms with van der Waals surface area (Å²) in [6.07, 6.45) is 2.26. The second-order valence-corrected chi connectivity index (χ2v) is 8.66. The highest BCUT2D eigenvalue weighted by Gasteiger charge is 2.42. The van der Waals surface area contributed by atoms with Gasteiger partial charge in [-0.1, -0.05) is 11.6 Å². The van der Waals surface area contributed by atoms with Gasteiger partial charge in [0.1, 0.15) is 0 Å². The van der Waals surface area contributed by atoms with Gasteiger partial charge in [0, 0.05) is 69.0 Å². The van der Waals surface area contributed by atoms with Crippen LogP contribution in [0, 0.1) is 5.41 Å². The molecular formula is C21H30ClN5O2. The van der Waals surface area contributed by atoms with Gasteiger partial charge in [-0.3, -0.25) is 9.79 Å². The average Bonchev–Trinajstić information content (AvgIpc) is 3.39. The summed E-state index contributed by atoms with van der Waals surface area (Å²) >= 11 is 5.97. The van der Waals surface area contributed by atoms with Crippen molar-refractivity contribution in [1.82, 2.24) is 15.1 Å². The molecule has 1 aromatic carbocycles. The molecule has 1 N–H and O–H groups in total. The van der Waals surface area contributed by atoms with Crippen LogP contribution in [0.3, 0.4) is 0 Å². The summed E-state index contributed by atoms with van der Waals surface area (Å²) < 4.78 is 5.61. The van der Waals surface area contributed by atoms with Crippen LogP contribution in [-0.4, -0.2) is 87.7 Å². The molecule has 3 aliphatic heterocycles. The molecule has 0 bridgehead atoms. The molecule has 1 aromatic rings. The van der Waals surface area contributed by atoms with E-state index in [1.807, 2.05) is 29.2 Å². The van der Waals surface area contributed by atoms with Crippen molar-refractivity contribution in [3.63, 3.8) is 0 Å². The number of likely N-dealkylation sites (tertiary alicyclic amines) is 1. The first-order chi connectivity index (χ1) is 14.1. The zero-order chi connectivity index (χ0) is 20.3. The molecule has 1 spiro atoms. The highest BCUT2D eigenvalue weighted by atomic mass is 35.5. The number of benzene rings is 1. The number of carbonyl (C=O) groups is 1. The second-order valence-electron chi connectivity index (χ2n) is 8.22. The summed E-state index contributed by atoms with van der Waals surface area (Å²) in [5.41, 5.74) is 1.43. The molecule has 0 aromatic heterocycles. The van der Waals surface area contributed by atoms with E-state index in [4.69, 9.17) is 16.3 Å². The Balaban J connectivity index is 1.24. The minimum atomic E-state index is 0.125. The maximum Gasteiger partial charge on any atom is 0.242 e. The number of nitrogens with zero attached hydrogens (tertiary/aromatic N) is 4. The molecule has 1 atom stereocenters. The zero-order valence-corrected chi connectivity index (χ0v) is 17.8. The van der Waals surface area contributed by atoms with Gasteiger partial charge in [0.05, 0.1) is 13.2 Å². The first kappa shape index (κ1) is 20.3. The molecule has 0 aliphatic carbocycles. The van der Waals surface area contributed by atoms with Gasteiger partial charge in [-0.2, -0.15) is 0 Å². The fourth-order valence-corrected chi connectivity index (χ4v) is 4.68. The summed E-state index contributed by atoms with van der Waals surface area (Å²) in [4.78, 5) is 23.6. The Kier molecular flexibility index (Phi) is 6.15. The SMILES string of the molecule is CN=C(NCC(=O)N1CCN(c2ccc(Cl)cc2)CC1)N1CCC2(CCOC2)C1. The molecule has 0 saturated carbocycles. The predicted molar refractivity (Wildman–Crippen MR) is 116 cm³/mol. The quantitative estimate of drug-likeness (QED) is 0.596. The number of nitrogens with one attached hydrogen (secondary N) is 1. The van der Waals surface area contributed by atoms with E-state index in [2.05, 4.69) is 20.1 Å². The van der Waals surface area contributed by atoms with Crippen molar-refractivity contribution >= 4 is 29.2 Å². The number of ether oxygens (including phenoxy) is 1. The molecular weight excluding hydrogens is 390 g/mol. The standard InChI is InChI=1S/C21H30ClN5O2/c1-23-20(27-8-6-21(15-27)7-13-29-16-21)24-14-19(28)26-11-9-25(10-12-26)18-4-2-17(22)3-5-18/h2-5H,6-16H2,1H3,(H,23,24). The number of rotatable bonds is 3. The third-order valence-corrected chi connectivity index (χ3v) is 6.61. The third-order valence-electron chi connectivity index (χ3n) is 6.36. The van der Waals surface area contributed by atoms with Gasteiger partial charge >= 0.3 is 0 Å². The van der Waals surface area contributed by atoms with E-state index in [9.17, 15) is 4.79 Å². The fraction of sp³-hybridized carbons (Fsp3) is 0.619. The van der Waals surface area contributed by atoms with Gasteiger partial charge < -0.3 is 24.8 Å². The highest BCUT2D eigenvalue weighted by molar-refractivity contribution is 6.30. The topological polar surface area (TPSA) is 60.4 Å². The van der Waals surface area contributed by atoms with Crippen molar-refractivity contribution < 1.29 is 9.53 Å². The van der Waals surface area contributed by atoms with Gasteiger partial charge in [-0.25, -0.2) is 0 Å². The van der Waals surface area contributed by atoms with Gasteiger partial charge in [0.25, 0.3) is 0 Å². The molecule has 3 saturated heterocycles. The number of piperazine rings is 1. The van der Waals surface area contributed by atoms with Gasteiger partial charge in [0.2, 0.25) is 5.91 Å². The Hall–Kier alpha value is -1.99. The molecule has 4 rings (SSSR count). The molecule has 1 unspecified atom stereocenters. The molecule has 8 heteroatoms. The second kappa shape index (κ2) is 8.79. The van der Waals surface area contributed by atoms with E-state index < -0.39 is 0 Å². The normalized spacial score (nSPS) is 25.2. The predicted octanol–water partition coefficient (Wildman–Crippen LogP) is 1.68. The fourth-order valence-electron chi connectivity index (χ4n) is 4.55. The Bertz CT molecular complexity index is 740. The third kappa shape index (κ3) is 4.61. The summed E-state index contributed by atoms with van der Waals surface area (Å²) in [5, 5.41) is 4.02. The van der Waals surface area contributed by atoms with Crippen molar-refractivity contribution in [2.45, 2.75) is 12.8 Å². The molecule has 1 amide bonds. The summed E-state index contributed by atoms with van der Waals surface area (Å²) in [6.45, 7) is 7.04. The largest absolute Gasteiger partial charge is 0.381 e. The van der Waals surface area contributed by atoms with Crippen LogP contribution >= 0.6 is 11.6 Å². The zero-order valence-electron chi connectivity index (χ0n) is 17.1. The van der Waals surface area contributed by atoms with Crippen LogP contribution in [-0.2, 0) is 9.53 Å². The number of amides is 1. The van der Waals surface area contributed by atoms with Crippen LogP contribution in [0.4, 0.5) is 5.69 Å². The van der Waals surface area contributed by atoms with Crippen molar-refractivity contribution in [1.29, 1.82) is 0 Å². The maximum atomic E-state index is 12.7. The molecule has 29 heavy (non-hydrogen) atoms. The van der Waals surface area contributed by atoms with E-state index in [0.29, 0.717) is 0 Å². The Morgan fingerprint density at radius 2 is 1.90 bits per heavy atom. The summed E-state index contributed by atoms with van der Waals surface area (Å²) in [5.74, 6) is 0.946. The number of anilines is 1. The molecule has 3 aliphatic rings. The first-order valence-corrected chi connectivity index (χ1v) is 10.8. The Labute approximate surface area is 177 Å². The minimum absolute atomic E-state index is 0.125. The lowest BCUT2D eigenvalue weighted by atomic mass is 9.87. The Morgan fingerprint density at radius 3 is 2.55 bits per heavy atom. The van der Waals surface area contributed by atoms with E-state index in [1.165, 1.54) is 0 Å². The van der Waals surface area contributed by atoms with E-state index in [-0.39, 0.29) is 17.9 Å². The molecule has 7 nitrogen and oxygen atoms in total. The number of hydrogen-bond acceptors (Lipinski definition) is 4. The lowest BCUT2D eigenvalue weighted by Crippen LogP contribution is -2.52. The van der Waals surface area contributed by atoms with E-state index in [0.717, 1.165) is 82.0 Å². The lowest BCUT2D eigenvalue weighted by Gasteiger charge is -2.36. The van der Waals surface area contributed by atoms with Crippen molar-refractivity contribution in [3.05, 3.63) is 29.3 Å². The summed E-state index contributed by atoms with van der Waals surface area (Å²) in [7, 11) is 1.79. The number of aliphatic imine (C=N–C) groups is 1. The van der Waals surface area contributed by atoms with Crippen LogP contribution in [0.1, 0.15) is 12.8 Å². The lowest BCUT2D eigenvalue weighted by molar-refractivity contribution is -0.130. The smallest absolute Gasteiger partial charge is 0.242 e. The van der Waals surface area contributed by atoms with Crippen molar-refractivity contribution in [3.8, 4) is 0 Å². The Morgan fingerprint density at radius 1 is 1.14 bits per heavy atom. The molecule has 3 heterocycles. The first-order valence-electron chi connectivity index (χ1n) is 10.4. The monoisotopic (exact) mass is 419 g/mol. The van der Waals surface area contributed by atoms with Crippen LogP contribution in [0.25, 0.3) is 0 Å². The average molecular weight is 420 g/mol. The summed E-state index contributed by atoms with van der Waals surface area (Å²) in [6, 6.07) is 7.88. The van der Waals surface area contributed by atoms with Gasteiger partial charge in [-0.15, -0.1) is 0 Å². The molecule has 158 valence electrons. The van der Waals surface area contributed by atoms with Crippen molar-refractivity contribution in [2.24, 2.45) is 10.4 Å². The number of halogens is 1. The highest BCUT2D eigenvalue weighted by Crippen LogP contribution is 2.38. The maximum absolute atomic E-state index is 12.7. The number of carbonyl (C=O) groups excluding carboxylic acids is 1. The van der Waals surface area contributed by atoms with E-state index in [1.54, 1.807) is 7.05 Å². The minimum Gasteiger partial charge on any atom is -0.381 e. The van der Waals surface area contributed by atoms with Crippen LogP contribution < -0.4 is 10.2 Å². The number of guanidine groups is 1. The van der Waals surface area contributed by atoms with Crippen molar-refractivity contribution in [2.75, 3.05) is 71.0 Å². The van der Waals surface area contributed by atoms with Gasteiger partial charge in [0.15, 0.2) is 5.96 Å². The number of hydrogen-bond donors (Lipinski definition) is 1.